The molecule has 0 unspecified atom stereocenters. The quantitative estimate of drug-likeness (QED) is 0.262. The number of ether oxygens (including phenoxy) is 2. The van der Waals surface area contributed by atoms with E-state index in [1.807, 2.05) is 25.1 Å². The van der Waals surface area contributed by atoms with Gasteiger partial charge in [-0.05, 0) is 49.2 Å². The summed E-state index contributed by atoms with van der Waals surface area (Å²) in [6, 6.07) is 8.63. The van der Waals surface area contributed by atoms with Crippen LogP contribution in [0.2, 0.25) is 0 Å². The second kappa shape index (κ2) is 14.1. The van der Waals surface area contributed by atoms with Crippen molar-refractivity contribution in [3.63, 3.8) is 0 Å². The lowest BCUT2D eigenvalue weighted by Gasteiger charge is -2.12. The Labute approximate surface area is 190 Å². The maximum atomic E-state index is 12.2. The second-order valence-electron chi connectivity index (χ2n) is 7.65. The number of rotatable bonds is 14. The highest BCUT2D eigenvalue weighted by atomic mass is 16.5. The van der Waals surface area contributed by atoms with Crippen molar-refractivity contribution >= 4 is 12.1 Å². The molecule has 0 aliphatic rings. The molecule has 0 saturated carbocycles. The van der Waals surface area contributed by atoms with E-state index in [0.717, 1.165) is 12.0 Å². The fraction of sp³-hybridized carbons (Fsp3) is 0.480. The average Bonchev–Trinajstić information content (AvgIpc) is 2.78. The Bertz CT molecular complexity index is 937. The summed E-state index contributed by atoms with van der Waals surface area (Å²) < 4.78 is 13.0. The zero-order valence-electron chi connectivity index (χ0n) is 19.4. The first-order valence-corrected chi connectivity index (χ1v) is 11.5. The van der Waals surface area contributed by atoms with Gasteiger partial charge < -0.3 is 14.0 Å². The van der Waals surface area contributed by atoms with Crippen LogP contribution in [-0.4, -0.2) is 29.9 Å². The van der Waals surface area contributed by atoms with Crippen LogP contribution < -0.4 is 20.5 Å². The predicted molar refractivity (Wildman–Crippen MR) is 128 cm³/mol. The number of aromatic nitrogens is 1. The lowest BCUT2D eigenvalue weighted by Crippen LogP contribution is -2.29. The summed E-state index contributed by atoms with van der Waals surface area (Å²) in [6.07, 6.45) is 11.7. The van der Waals surface area contributed by atoms with E-state index in [9.17, 15) is 9.59 Å². The minimum atomic E-state index is -0.554. The lowest BCUT2D eigenvalue weighted by molar-refractivity contribution is 0.0953. The molecule has 1 amide bonds. The van der Waals surface area contributed by atoms with Crippen molar-refractivity contribution < 1.29 is 14.3 Å². The number of unbranched alkanes of at least 4 members (excludes halogenated alkanes) is 6. The molecular weight excluding hydrogens is 406 g/mol. The van der Waals surface area contributed by atoms with Gasteiger partial charge in [0, 0.05) is 13.2 Å². The zero-order valence-corrected chi connectivity index (χ0v) is 19.4. The number of hydrogen-bond acceptors (Lipinski definition) is 5. The number of carbonyl (C=O) groups excluding carboxylic acids is 1. The number of aryl methyl sites for hydroxylation is 1. The van der Waals surface area contributed by atoms with Gasteiger partial charge in [-0.25, -0.2) is 5.43 Å². The highest BCUT2D eigenvalue weighted by Crippen LogP contribution is 2.28. The van der Waals surface area contributed by atoms with Crippen LogP contribution in [0.5, 0.6) is 11.5 Å². The smallest absolute Gasteiger partial charge is 0.276 e. The van der Waals surface area contributed by atoms with Gasteiger partial charge in [0.1, 0.15) is 5.56 Å². The number of nitrogens with one attached hydrogen (secondary N) is 1. The molecular formula is C25H35N3O4. The van der Waals surface area contributed by atoms with Crippen molar-refractivity contribution in [3.05, 3.63) is 58.0 Å². The Balaban J connectivity index is 1.88. The molecule has 0 saturated heterocycles. The maximum Gasteiger partial charge on any atom is 0.276 e. The molecule has 2 rings (SSSR count). The van der Waals surface area contributed by atoms with Crippen LogP contribution in [0.15, 0.2) is 46.4 Å². The first-order valence-electron chi connectivity index (χ1n) is 11.5. The van der Waals surface area contributed by atoms with E-state index in [2.05, 4.69) is 17.5 Å². The fourth-order valence-electron chi connectivity index (χ4n) is 3.23. The molecule has 1 aromatic heterocycles. The van der Waals surface area contributed by atoms with Gasteiger partial charge in [0.15, 0.2) is 11.5 Å². The minimum absolute atomic E-state index is 0.0382. The monoisotopic (exact) mass is 441 g/mol. The van der Waals surface area contributed by atoms with Crippen LogP contribution >= 0.6 is 0 Å². The Morgan fingerprint density at radius 3 is 2.53 bits per heavy atom. The standard InChI is InChI=1S/C25H35N3O4/c1-4-6-7-8-9-10-11-17-32-22-15-14-20(18-23(22)31-5-2)19-26-27-24(29)21-13-12-16-28(3)25(21)30/h12-16,18-19H,4-11,17H2,1-3H3,(H,27,29)/b26-19-. The first kappa shape index (κ1) is 25.2. The Kier molecular flexibility index (Phi) is 11.1. The normalized spacial score (nSPS) is 11.0. The minimum Gasteiger partial charge on any atom is -0.490 e. The van der Waals surface area contributed by atoms with Gasteiger partial charge >= 0.3 is 0 Å². The molecule has 1 N–H and O–H groups in total. The topological polar surface area (TPSA) is 81.9 Å². The number of hydrogen-bond donors (Lipinski definition) is 1. The zero-order chi connectivity index (χ0) is 23.2. The molecule has 0 bridgehead atoms. The van der Waals surface area contributed by atoms with Crippen LogP contribution in [0.25, 0.3) is 0 Å². The number of hydrazone groups is 1. The average molecular weight is 442 g/mol. The highest BCUT2D eigenvalue weighted by molar-refractivity contribution is 5.94. The summed E-state index contributed by atoms with van der Waals surface area (Å²) in [5.74, 6) is 0.789. The van der Waals surface area contributed by atoms with Crippen molar-refractivity contribution in [2.24, 2.45) is 12.1 Å². The van der Waals surface area contributed by atoms with E-state index in [1.54, 1.807) is 19.3 Å². The van der Waals surface area contributed by atoms with Gasteiger partial charge in [0.05, 0.1) is 19.4 Å². The molecule has 7 heteroatoms. The highest BCUT2D eigenvalue weighted by Gasteiger charge is 2.10. The molecule has 7 nitrogen and oxygen atoms in total. The summed E-state index contributed by atoms with van der Waals surface area (Å²) in [7, 11) is 1.59. The third kappa shape index (κ3) is 8.21. The maximum absolute atomic E-state index is 12.2. The molecule has 1 heterocycles. The lowest BCUT2D eigenvalue weighted by atomic mass is 10.1. The Morgan fingerprint density at radius 1 is 1.03 bits per heavy atom. The van der Waals surface area contributed by atoms with Crippen molar-refractivity contribution in [1.29, 1.82) is 0 Å². The summed E-state index contributed by atoms with van der Waals surface area (Å²) >= 11 is 0. The summed E-state index contributed by atoms with van der Waals surface area (Å²) in [5, 5.41) is 3.97. The van der Waals surface area contributed by atoms with Crippen LogP contribution in [0.1, 0.15) is 74.7 Å². The number of carbonyl (C=O) groups is 1. The molecule has 0 aliphatic carbocycles. The van der Waals surface area contributed by atoms with E-state index in [4.69, 9.17) is 9.47 Å². The van der Waals surface area contributed by atoms with Crippen LogP contribution in [0.4, 0.5) is 0 Å². The summed E-state index contributed by atoms with van der Waals surface area (Å²) in [5.41, 5.74) is 2.81. The summed E-state index contributed by atoms with van der Waals surface area (Å²) in [6.45, 7) is 5.32. The molecule has 0 atom stereocenters. The third-order valence-corrected chi connectivity index (χ3v) is 5.02. The van der Waals surface area contributed by atoms with E-state index in [-0.39, 0.29) is 11.1 Å². The molecule has 174 valence electrons. The molecule has 2 aromatic rings. The van der Waals surface area contributed by atoms with Crippen molar-refractivity contribution in [2.45, 2.75) is 58.8 Å². The van der Waals surface area contributed by atoms with E-state index in [0.29, 0.717) is 24.7 Å². The molecule has 0 spiro atoms. The summed E-state index contributed by atoms with van der Waals surface area (Å²) in [4.78, 5) is 24.2. The molecule has 32 heavy (non-hydrogen) atoms. The first-order chi connectivity index (χ1) is 15.6. The predicted octanol–water partition coefficient (Wildman–Crippen LogP) is 4.68. The van der Waals surface area contributed by atoms with Crippen molar-refractivity contribution in [2.75, 3.05) is 13.2 Å². The van der Waals surface area contributed by atoms with E-state index >= 15 is 0 Å². The SMILES string of the molecule is CCCCCCCCCOc1ccc(/C=N\NC(=O)c2cccn(C)c2=O)cc1OCC. The van der Waals surface area contributed by atoms with Gasteiger partial charge in [-0.1, -0.05) is 45.4 Å². The molecule has 0 fully saturated rings. The Morgan fingerprint density at radius 2 is 1.78 bits per heavy atom. The third-order valence-electron chi connectivity index (χ3n) is 5.02. The van der Waals surface area contributed by atoms with Gasteiger partial charge in [-0.3, -0.25) is 9.59 Å². The number of amides is 1. The van der Waals surface area contributed by atoms with Gasteiger partial charge in [0.25, 0.3) is 11.5 Å². The van der Waals surface area contributed by atoms with Crippen molar-refractivity contribution in [1.82, 2.24) is 9.99 Å². The Hall–Kier alpha value is -3.09. The van der Waals surface area contributed by atoms with Gasteiger partial charge in [0.2, 0.25) is 0 Å². The molecule has 1 aromatic carbocycles. The van der Waals surface area contributed by atoms with E-state index < -0.39 is 5.91 Å². The largest absolute Gasteiger partial charge is 0.490 e. The van der Waals surface area contributed by atoms with Crippen LogP contribution in [-0.2, 0) is 7.05 Å². The number of benzene rings is 1. The van der Waals surface area contributed by atoms with E-state index in [1.165, 1.54) is 55.4 Å². The molecule has 0 aliphatic heterocycles. The second-order valence-corrected chi connectivity index (χ2v) is 7.65. The van der Waals surface area contributed by atoms with Gasteiger partial charge in [-0.2, -0.15) is 5.10 Å². The van der Waals surface area contributed by atoms with Crippen LogP contribution in [0.3, 0.4) is 0 Å². The number of nitrogens with zero attached hydrogens (tertiary/aromatic N) is 2. The van der Waals surface area contributed by atoms with Crippen molar-refractivity contribution in [3.8, 4) is 11.5 Å². The molecule has 0 radical (unpaired) electrons. The van der Waals surface area contributed by atoms with Gasteiger partial charge in [-0.15, -0.1) is 0 Å². The van der Waals surface area contributed by atoms with Crippen LogP contribution in [0, 0.1) is 0 Å². The fourth-order valence-corrected chi connectivity index (χ4v) is 3.23. The number of pyridine rings is 1.